The van der Waals surface area contributed by atoms with Crippen molar-refractivity contribution in [3.63, 3.8) is 0 Å². The highest BCUT2D eigenvalue weighted by Crippen LogP contribution is 2.14. The van der Waals surface area contributed by atoms with Gasteiger partial charge >= 0.3 is 0 Å². The van der Waals surface area contributed by atoms with E-state index in [9.17, 15) is 101 Å². The topological polar surface area (TPSA) is 381 Å². The lowest BCUT2D eigenvalue weighted by Crippen LogP contribution is -2.34. The fourth-order valence-corrected chi connectivity index (χ4v) is 9.11. The van der Waals surface area contributed by atoms with Gasteiger partial charge in [0.25, 0.3) is 82.7 Å². The number of imide groups is 7. The highest BCUT2D eigenvalue weighted by molar-refractivity contribution is 6.16. The van der Waals surface area contributed by atoms with E-state index in [4.69, 9.17) is 0 Å². The molecular weight excluding hydrogens is 1270 g/mol. The minimum absolute atomic E-state index is 0.0255. The van der Waals surface area contributed by atoms with E-state index in [0.29, 0.717) is 77.7 Å². The van der Waals surface area contributed by atoms with Crippen LogP contribution in [-0.2, 0) is 101 Å². The van der Waals surface area contributed by atoms with Crippen LogP contribution in [-0.4, -0.2) is 203 Å². The van der Waals surface area contributed by atoms with Crippen molar-refractivity contribution in [2.75, 3.05) is 45.8 Å². The van der Waals surface area contributed by atoms with Crippen LogP contribution in [0.25, 0.3) is 0 Å². The summed E-state index contributed by atoms with van der Waals surface area (Å²) in [5, 5.41) is 0. The van der Waals surface area contributed by atoms with Gasteiger partial charge in [0, 0.05) is 163 Å². The molecule has 0 saturated heterocycles. The van der Waals surface area contributed by atoms with E-state index in [1.54, 1.807) is 20.8 Å². The summed E-state index contributed by atoms with van der Waals surface area (Å²) < 4.78 is 0. The Kier molecular flexibility index (Phi) is 41.8. The Bertz CT molecular complexity index is 3110. The lowest BCUT2D eigenvalue weighted by atomic mass is 10.1. The summed E-state index contributed by atoms with van der Waals surface area (Å²) in [5.74, 6) is -3.22. The maximum absolute atomic E-state index is 11.2. The number of nitrogens with zero attached hydrogens (tertiary/aromatic N) is 7. The zero-order valence-electron chi connectivity index (χ0n) is 57.1. The first-order valence-corrected chi connectivity index (χ1v) is 32.5. The molecule has 0 unspecified atom stereocenters. The molecule has 28 heteroatoms. The predicted molar refractivity (Wildman–Crippen MR) is 353 cm³/mol. The van der Waals surface area contributed by atoms with Crippen molar-refractivity contribution < 1.29 is 101 Å². The smallest absolute Gasteiger partial charge is 0.254 e. The van der Waals surface area contributed by atoms with Gasteiger partial charge in [-0.3, -0.25) is 111 Å². The van der Waals surface area contributed by atoms with Crippen molar-refractivity contribution in [1.82, 2.24) is 34.3 Å². The fourth-order valence-electron chi connectivity index (χ4n) is 9.11. The number of hydrogen-bond acceptors (Lipinski definition) is 21. The van der Waals surface area contributed by atoms with Crippen LogP contribution < -0.4 is 0 Å². The van der Waals surface area contributed by atoms with Crippen LogP contribution in [0.1, 0.15) is 183 Å². The Morgan fingerprint density at radius 1 is 0.184 bits per heavy atom. The van der Waals surface area contributed by atoms with Crippen molar-refractivity contribution in [1.29, 1.82) is 0 Å². The summed E-state index contributed by atoms with van der Waals surface area (Å²) in [6.45, 7) is 12.8. The molecule has 532 valence electrons. The monoisotopic (exact) mass is 1370 g/mol. The van der Waals surface area contributed by atoms with Crippen LogP contribution in [0.15, 0.2) is 85.1 Å². The van der Waals surface area contributed by atoms with Crippen molar-refractivity contribution in [2.45, 2.75) is 183 Å². The molecule has 0 aromatic heterocycles. The van der Waals surface area contributed by atoms with Crippen molar-refractivity contribution in [2.24, 2.45) is 0 Å². The molecule has 98 heavy (non-hydrogen) atoms. The zero-order valence-corrected chi connectivity index (χ0v) is 57.1. The number of amides is 14. The number of unbranched alkanes of at least 4 members (excludes halogenated alkanes) is 10. The molecule has 7 aliphatic heterocycles. The first-order valence-electron chi connectivity index (χ1n) is 32.5. The molecule has 0 aliphatic carbocycles. The van der Waals surface area contributed by atoms with Gasteiger partial charge in [-0.05, 0) is 106 Å². The third kappa shape index (κ3) is 36.7. The van der Waals surface area contributed by atoms with Crippen LogP contribution in [0.5, 0.6) is 0 Å². The Balaban J connectivity index is 0.000000574. The summed E-state index contributed by atoms with van der Waals surface area (Å²) >= 11 is 0. The molecule has 0 fully saturated rings. The van der Waals surface area contributed by atoms with Crippen molar-refractivity contribution in [3.8, 4) is 0 Å². The van der Waals surface area contributed by atoms with Crippen LogP contribution in [0.2, 0.25) is 0 Å². The first-order chi connectivity index (χ1) is 46.3. The minimum atomic E-state index is -0.412. The van der Waals surface area contributed by atoms with Crippen LogP contribution >= 0.6 is 0 Å². The number of carbonyl (C=O) groups excluding carboxylic acids is 21. The van der Waals surface area contributed by atoms with Crippen LogP contribution in [0, 0.1) is 0 Å². The van der Waals surface area contributed by atoms with Crippen molar-refractivity contribution in [3.05, 3.63) is 85.1 Å². The van der Waals surface area contributed by atoms with Gasteiger partial charge in [-0.15, -0.1) is 0 Å². The van der Waals surface area contributed by atoms with Gasteiger partial charge in [-0.25, -0.2) is 0 Å². The van der Waals surface area contributed by atoms with Crippen LogP contribution in [0.3, 0.4) is 0 Å². The molecule has 0 atom stereocenters. The molecule has 7 rings (SSSR count). The fraction of sp³-hybridized carbons (Fsp3) is 0.500. The molecule has 7 heterocycles. The summed E-state index contributed by atoms with van der Waals surface area (Å²) in [4.78, 5) is 237. The standard InChI is InChI=1S/C13H19NO3.C12H17NO3.C11H15NO3.C10H13NO3.C9H11NO3.C8H9NO3.C7H7NO3/c1-11(15)7-5-3-2-4-6-10-14-12(16)8-9-13(14)17;1-10(14)6-4-2-3-5-9-13-11(15)7-8-12(13)16;1-9(13)5-3-2-4-8-12-10(14)6-7-11(12)15;1-8(12)4-2-3-7-11-9(13)5-6-10(11)14;1-7(11)3-2-6-10-8(12)4-5-9(10)13;1-6(10)4-5-9-7(11)2-3-8(9)12;1-5(9)4-8-6(10)2-3-7(8)11/h8-9H,2-7,10H2,1H3;7-8H,2-6,9H2,1H3;6-7H,2-5,8H2,1H3;5-6H,2-4,7H2,1H3;4-5H,2-3,6H2,1H3;2-3H,4-5H2,1H3;2-3H,4H2,1H3. The van der Waals surface area contributed by atoms with E-state index in [0.717, 1.165) is 110 Å². The SMILES string of the molecule is CC(=O)CCCCCCCN1C(=O)C=CC1=O.CC(=O)CCCCCCN1C(=O)C=CC1=O.CC(=O)CCCCCN1C(=O)C=CC1=O.CC(=O)CCCCN1C(=O)C=CC1=O.CC(=O)CCCN1C(=O)C=CC1=O.CC(=O)CCN1C(=O)C=CC1=O.CC(=O)CN1C(=O)C=CC1=O. The summed E-state index contributed by atoms with van der Waals surface area (Å²) in [6, 6.07) is 0. The highest BCUT2D eigenvalue weighted by Gasteiger charge is 2.28. The highest BCUT2D eigenvalue weighted by atomic mass is 16.2. The molecule has 0 saturated carbocycles. The quantitative estimate of drug-likeness (QED) is 0.0613. The maximum Gasteiger partial charge on any atom is 0.254 e. The molecule has 7 aliphatic rings. The largest absolute Gasteiger partial charge is 0.300 e. The van der Waals surface area contributed by atoms with E-state index < -0.39 is 11.8 Å². The second-order valence-electron chi connectivity index (χ2n) is 23.3. The number of Topliss-reactive ketones (excluding diaryl/α,β-unsaturated/α-hetero) is 7. The first kappa shape index (κ1) is 85.9. The Labute approximate surface area is 570 Å². The van der Waals surface area contributed by atoms with E-state index in [1.807, 2.05) is 0 Å². The number of carbonyl (C=O) groups is 21. The van der Waals surface area contributed by atoms with Gasteiger partial charge < -0.3 is 24.0 Å². The van der Waals surface area contributed by atoms with Gasteiger partial charge in [-0.2, -0.15) is 0 Å². The molecular formula is C70H91N7O21. The molecule has 0 bridgehead atoms. The number of rotatable bonds is 35. The summed E-state index contributed by atoms with van der Waals surface area (Å²) in [7, 11) is 0. The minimum Gasteiger partial charge on any atom is -0.300 e. The van der Waals surface area contributed by atoms with Gasteiger partial charge in [-0.1, -0.05) is 38.5 Å². The number of hydrogen-bond donors (Lipinski definition) is 0. The average molecular weight is 1370 g/mol. The van der Waals surface area contributed by atoms with E-state index >= 15 is 0 Å². The van der Waals surface area contributed by atoms with E-state index in [2.05, 4.69) is 0 Å². The Morgan fingerprint density at radius 2 is 0.337 bits per heavy atom. The second kappa shape index (κ2) is 47.7. The molecule has 28 nitrogen and oxygen atoms in total. The molecule has 0 aromatic carbocycles. The van der Waals surface area contributed by atoms with Crippen LogP contribution in [0.4, 0.5) is 0 Å². The average Bonchev–Trinajstić information content (AvgIpc) is 1.82. The lowest BCUT2D eigenvalue weighted by molar-refractivity contribution is -0.140. The predicted octanol–water partition coefficient (Wildman–Crippen LogP) is 4.69. The Hall–Kier alpha value is -10.2. The van der Waals surface area contributed by atoms with E-state index in [1.165, 1.54) is 120 Å². The second-order valence-corrected chi connectivity index (χ2v) is 23.3. The maximum atomic E-state index is 11.2. The van der Waals surface area contributed by atoms with Gasteiger partial charge in [0.2, 0.25) is 0 Å². The molecule has 0 N–H and O–H groups in total. The third-order valence-corrected chi connectivity index (χ3v) is 14.4. The normalized spacial score (nSPS) is 15.4. The molecule has 0 aromatic rings. The third-order valence-electron chi connectivity index (χ3n) is 14.4. The van der Waals surface area contributed by atoms with Crippen molar-refractivity contribution >= 4 is 123 Å². The van der Waals surface area contributed by atoms with Gasteiger partial charge in [0.15, 0.2) is 0 Å². The number of ketones is 7. The van der Waals surface area contributed by atoms with Gasteiger partial charge in [0.05, 0.1) is 6.54 Å². The molecule has 14 amide bonds. The van der Waals surface area contributed by atoms with E-state index in [-0.39, 0.29) is 131 Å². The lowest BCUT2D eigenvalue weighted by Gasteiger charge is -2.12. The molecule has 0 radical (unpaired) electrons. The Morgan fingerprint density at radius 3 is 0.561 bits per heavy atom. The summed E-state index contributed by atoms with van der Waals surface area (Å²) in [6.07, 6.45) is 33.6. The summed E-state index contributed by atoms with van der Waals surface area (Å²) in [5.41, 5.74) is 0. The molecule has 0 spiro atoms. The van der Waals surface area contributed by atoms with Gasteiger partial charge in [0.1, 0.15) is 40.5 Å². The zero-order chi connectivity index (χ0) is 73.9.